The third-order valence-corrected chi connectivity index (χ3v) is 8.16. The lowest BCUT2D eigenvalue weighted by atomic mass is 9.92. The van der Waals surface area contributed by atoms with E-state index >= 15 is 0 Å². The highest BCUT2D eigenvalue weighted by atomic mass is 19.4. The summed E-state index contributed by atoms with van der Waals surface area (Å²) in [6, 6.07) is 12.8. The summed E-state index contributed by atoms with van der Waals surface area (Å²) >= 11 is 0. The maximum absolute atomic E-state index is 14.0. The third-order valence-electron chi connectivity index (χ3n) is 8.16. The molecule has 0 aliphatic carbocycles. The number of fused-ring (bicyclic) bond motifs is 5. The first kappa shape index (κ1) is 27.5. The van der Waals surface area contributed by atoms with E-state index in [0.717, 1.165) is 28.3 Å². The molecule has 42 heavy (non-hydrogen) atoms. The molecule has 12 heteroatoms. The lowest BCUT2D eigenvalue weighted by Crippen LogP contribution is -2.55. The Hall–Kier alpha value is -4.66. The normalized spacial score (nSPS) is 21.7. The zero-order valence-electron chi connectivity index (χ0n) is 23.1. The van der Waals surface area contributed by atoms with Crippen LogP contribution in [0.15, 0.2) is 54.6 Å². The van der Waals surface area contributed by atoms with Crippen molar-refractivity contribution in [2.45, 2.75) is 63.5 Å². The number of imide groups is 1. The fourth-order valence-electron chi connectivity index (χ4n) is 6.11. The molecule has 0 spiro atoms. The molecule has 4 heterocycles. The second-order valence-corrected chi connectivity index (χ2v) is 11.9. The smallest absolute Gasteiger partial charge is 0.330 e. The van der Waals surface area contributed by atoms with Crippen LogP contribution in [-0.2, 0) is 22.9 Å². The van der Waals surface area contributed by atoms with Crippen molar-refractivity contribution in [3.63, 3.8) is 0 Å². The maximum atomic E-state index is 14.0. The Morgan fingerprint density at radius 3 is 2.43 bits per heavy atom. The van der Waals surface area contributed by atoms with Crippen LogP contribution in [0, 0.1) is 11.3 Å². The molecule has 3 atom stereocenters. The van der Waals surface area contributed by atoms with E-state index in [-0.39, 0.29) is 23.6 Å². The van der Waals surface area contributed by atoms with Crippen LogP contribution in [0.5, 0.6) is 0 Å². The maximum Gasteiger partial charge on any atom is 0.417 e. The van der Waals surface area contributed by atoms with Crippen LogP contribution in [0.2, 0.25) is 0 Å². The monoisotopic (exact) mass is 576 g/mol. The number of carbonyl (C=O) groups excluding carboxylic acids is 3. The average Bonchev–Trinajstić information content (AvgIpc) is 3.70. The van der Waals surface area contributed by atoms with Gasteiger partial charge in [0.05, 0.1) is 47.2 Å². The van der Waals surface area contributed by atoms with Gasteiger partial charge >= 0.3 is 12.2 Å². The third kappa shape index (κ3) is 4.31. The fraction of sp³-hybridized carbons (Fsp3) is 0.367. The number of benzene rings is 2. The van der Waals surface area contributed by atoms with Gasteiger partial charge in [0, 0.05) is 12.0 Å². The van der Waals surface area contributed by atoms with Gasteiger partial charge in [-0.1, -0.05) is 51.1 Å². The summed E-state index contributed by atoms with van der Waals surface area (Å²) in [7, 11) is 0. The quantitative estimate of drug-likeness (QED) is 0.424. The van der Waals surface area contributed by atoms with E-state index < -0.39 is 47.4 Å². The molecule has 0 unspecified atom stereocenters. The highest BCUT2D eigenvalue weighted by molar-refractivity contribution is 6.22. The number of aromatic nitrogens is 2. The van der Waals surface area contributed by atoms with Gasteiger partial charge in [0.1, 0.15) is 11.7 Å². The van der Waals surface area contributed by atoms with Crippen LogP contribution < -0.4 is 4.90 Å². The van der Waals surface area contributed by atoms with Crippen molar-refractivity contribution < 1.29 is 27.6 Å². The molecule has 3 aromatic rings. The molecule has 3 aliphatic rings. The van der Waals surface area contributed by atoms with E-state index in [1.165, 1.54) is 11.0 Å². The number of alkyl halides is 3. The lowest BCUT2D eigenvalue weighted by molar-refractivity contribution is -0.137. The van der Waals surface area contributed by atoms with Crippen molar-refractivity contribution in [3.8, 4) is 6.07 Å². The predicted octanol–water partition coefficient (Wildman–Crippen LogP) is 4.55. The molecule has 0 N–H and O–H groups in total. The standard InChI is InChI=1S/C30H27F3N6O3/c1-29(2,3)24-13-23(37(35-24)15-17-7-5-4-6-8-17)26(40)36-16-20-12-22(36)25-27(41)39(28(42)38(20)25)19-10-9-18(14-34)21(11-19)30(31,32)33/h4-11,13,20,22,25H,12,15-16H2,1-3H3/t20-,22-,25-/m0/s1. The van der Waals surface area contributed by atoms with Crippen molar-refractivity contribution in [1.82, 2.24) is 19.6 Å². The Morgan fingerprint density at radius 1 is 1.07 bits per heavy atom. The van der Waals surface area contributed by atoms with Gasteiger partial charge in [-0.25, -0.2) is 9.69 Å². The van der Waals surface area contributed by atoms with E-state index in [1.807, 2.05) is 51.1 Å². The van der Waals surface area contributed by atoms with Crippen LogP contribution in [0.4, 0.5) is 23.7 Å². The van der Waals surface area contributed by atoms with Gasteiger partial charge in [-0.2, -0.15) is 23.5 Å². The molecule has 0 saturated carbocycles. The highest BCUT2D eigenvalue weighted by Crippen LogP contribution is 2.44. The van der Waals surface area contributed by atoms with Crippen molar-refractivity contribution >= 4 is 23.5 Å². The van der Waals surface area contributed by atoms with Crippen molar-refractivity contribution in [2.75, 3.05) is 11.4 Å². The number of amides is 4. The average molecular weight is 577 g/mol. The first-order chi connectivity index (χ1) is 19.8. The Bertz CT molecular complexity index is 1650. The zero-order chi connectivity index (χ0) is 30.1. The molecule has 9 nitrogen and oxygen atoms in total. The van der Waals surface area contributed by atoms with Crippen LogP contribution in [0.3, 0.4) is 0 Å². The Labute approximate surface area is 239 Å². The summed E-state index contributed by atoms with van der Waals surface area (Å²) < 4.78 is 42.5. The molecule has 2 bridgehead atoms. The number of urea groups is 1. The first-order valence-corrected chi connectivity index (χ1v) is 13.5. The number of halogens is 3. The Morgan fingerprint density at radius 2 is 1.79 bits per heavy atom. The van der Waals surface area contributed by atoms with E-state index in [0.29, 0.717) is 24.7 Å². The molecule has 4 amide bonds. The molecule has 0 radical (unpaired) electrons. The molecule has 3 aliphatic heterocycles. The van der Waals surface area contributed by atoms with Crippen LogP contribution in [0.25, 0.3) is 0 Å². The summed E-state index contributed by atoms with van der Waals surface area (Å²) in [4.78, 5) is 44.7. The number of piperazine rings is 1. The number of likely N-dealkylation sites (tertiary alicyclic amines) is 1. The lowest BCUT2D eigenvalue weighted by Gasteiger charge is -2.34. The molecular weight excluding hydrogens is 549 g/mol. The van der Waals surface area contributed by atoms with Gasteiger partial charge in [0.2, 0.25) is 0 Å². The summed E-state index contributed by atoms with van der Waals surface area (Å²) in [5.74, 6) is -1.02. The van der Waals surface area contributed by atoms with E-state index in [9.17, 15) is 27.6 Å². The summed E-state index contributed by atoms with van der Waals surface area (Å²) in [5.41, 5.74) is -0.384. The number of hydrogen-bond donors (Lipinski definition) is 0. The number of rotatable bonds is 4. The zero-order valence-corrected chi connectivity index (χ0v) is 23.1. The molecule has 3 fully saturated rings. The minimum atomic E-state index is -4.85. The summed E-state index contributed by atoms with van der Waals surface area (Å²) in [6.07, 6.45) is -4.46. The van der Waals surface area contributed by atoms with Gasteiger partial charge in [0.15, 0.2) is 0 Å². The van der Waals surface area contributed by atoms with Crippen molar-refractivity contribution in [2.24, 2.45) is 0 Å². The van der Waals surface area contributed by atoms with Crippen LogP contribution in [-0.4, -0.2) is 62.1 Å². The van der Waals surface area contributed by atoms with Gasteiger partial charge < -0.3 is 9.80 Å². The number of carbonyl (C=O) groups is 3. The van der Waals surface area contributed by atoms with Gasteiger partial charge in [-0.05, 0) is 36.2 Å². The molecule has 3 saturated heterocycles. The second kappa shape index (κ2) is 9.44. The summed E-state index contributed by atoms with van der Waals surface area (Å²) in [5, 5.41) is 13.9. The van der Waals surface area contributed by atoms with Crippen LogP contribution >= 0.6 is 0 Å². The fourth-order valence-corrected chi connectivity index (χ4v) is 6.11. The molecule has 1 aromatic heterocycles. The second-order valence-electron chi connectivity index (χ2n) is 11.9. The number of nitriles is 1. The SMILES string of the molecule is CC(C)(C)c1cc(C(=O)N2C[C@@H]3C[C@H]2[C@H]2C(=O)N(c4ccc(C#N)c(C(F)(F)F)c4)C(=O)N32)n(Cc2ccccc2)n1. The highest BCUT2D eigenvalue weighted by Gasteiger charge is 2.63. The van der Waals surface area contributed by atoms with Gasteiger partial charge in [-0.15, -0.1) is 0 Å². The van der Waals surface area contributed by atoms with E-state index in [4.69, 9.17) is 10.4 Å². The van der Waals surface area contributed by atoms with E-state index in [1.54, 1.807) is 15.6 Å². The predicted molar refractivity (Wildman–Crippen MR) is 144 cm³/mol. The van der Waals surface area contributed by atoms with Crippen molar-refractivity contribution in [3.05, 3.63) is 82.7 Å². The number of nitrogens with zero attached hydrogens (tertiary/aromatic N) is 6. The Kier molecular flexibility index (Phi) is 6.18. The first-order valence-electron chi connectivity index (χ1n) is 13.5. The van der Waals surface area contributed by atoms with Gasteiger partial charge in [0.25, 0.3) is 11.8 Å². The Balaban J connectivity index is 1.31. The minimum absolute atomic E-state index is 0.190. The van der Waals surface area contributed by atoms with Gasteiger partial charge in [-0.3, -0.25) is 14.3 Å². The largest absolute Gasteiger partial charge is 0.417 e. The van der Waals surface area contributed by atoms with E-state index in [2.05, 4.69) is 0 Å². The molecule has 2 aromatic carbocycles. The van der Waals surface area contributed by atoms with Crippen molar-refractivity contribution in [1.29, 1.82) is 5.26 Å². The number of hydrogen-bond acceptors (Lipinski definition) is 5. The topological polar surface area (TPSA) is 103 Å². The molecule has 216 valence electrons. The van der Waals surface area contributed by atoms with Crippen LogP contribution in [0.1, 0.15) is 60.1 Å². The minimum Gasteiger partial charge on any atom is -0.330 e. The molecule has 6 rings (SSSR count). The summed E-state index contributed by atoms with van der Waals surface area (Å²) in [6.45, 7) is 6.54. The molecular formula is C30H27F3N6O3. The number of anilines is 1.